The zero-order valence-electron chi connectivity index (χ0n) is 9.17. The average Bonchev–Trinajstić information content (AvgIpc) is 2.88. The number of ether oxygens (including phenoxy) is 2. The molecule has 2 aromatic rings. The predicted octanol–water partition coefficient (Wildman–Crippen LogP) is 1.10. The molecule has 0 amide bonds. The highest BCUT2D eigenvalue weighted by atomic mass is 16.7. The third-order valence-electron chi connectivity index (χ3n) is 2.75. The summed E-state index contributed by atoms with van der Waals surface area (Å²) in [4.78, 5) is 0. The summed E-state index contributed by atoms with van der Waals surface area (Å²) in [6.07, 6.45) is 1.65. The summed E-state index contributed by atoms with van der Waals surface area (Å²) in [5, 5.41) is 13.9. The maximum Gasteiger partial charge on any atom is 0.231 e. The number of nitrogens with two attached hydrogens (primary N) is 1. The van der Waals surface area contributed by atoms with Gasteiger partial charge in [0.15, 0.2) is 11.5 Å². The lowest BCUT2D eigenvalue weighted by Gasteiger charge is -2.04. The number of phenols is 1. The molecule has 0 fully saturated rings. The number of hydrogen-bond acceptors (Lipinski definition) is 5. The second kappa shape index (κ2) is 3.31. The zero-order chi connectivity index (χ0) is 12.0. The molecule has 0 aliphatic carbocycles. The van der Waals surface area contributed by atoms with Gasteiger partial charge in [-0.25, -0.2) is 0 Å². The van der Waals surface area contributed by atoms with E-state index in [1.54, 1.807) is 30.1 Å². The van der Waals surface area contributed by atoms with Crippen LogP contribution in [0.25, 0.3) is 11.1 Å². The van der Waals surface area contributed by atoms with Gasteiger partial charge in [-0.1, -0.05) is 0 Å². The van der Waals surface area contributed by atoms with Gasteiger partial charge in [-0.15, -0.1) is 0 Å². The molecule has 0 saturated heterocycles. The highest BCUT2D eigenvalue weighted by Crippen LogP contribution is 2.44. The molecule has 1 aromatic heterocycles. The van der Waals surface area contributed by atoms with Crippen molar-refractivity contribution in [1.82, 2.24) is 9.78 Å². The van der Waals surface area contributed by atoms with Crippen LogP contribution in [0.4, 0.5) is 5.82 Å². The van der Waals surface area contributed by atoms with Crippen molar-refractivity contribution in [3.8, 4) is 28.4 Å². The number of benzene rings is 1. The first-order chi connectivity index (χ1) is 8.16. The van der Waals surface area contributed by atoms with Gasteiger partial charge in [0.1, 0.15) is 5.82 Å². The molecular formula is C11H11N3O3. The minimum Gasteiger partial charge on any atom is -0.504 e. The Bertz CT molecular complexity index is 592. The van der Waals surface area contributed by atoms with Gasteiger partial charge in [-0.3, -0.25) is 4.68 Å². The third-order valence-corrected chi connectivity index (χ3v) is 2.75. The van der Waals surface area contributed by atoms with Gasteiger partial charge in [-0.2, -0.15) is 5.10 Å². The van der Waals surface area contributed by atoms with Crippen molar-refractivity contribution < 1.29 is 14.6 Å². The van der Waals surface area contributed by atoms with Gasteiger partial charge >= 0.3 is 0 Å². The van der Waals surface area contributed by atoms with Crippen LogP contribution in [0.15, 0.2) is 18.3 Å². The Morgan fingerprint density at radius 3 is 2.94 bits per heavy atom. The fourth-order valence-corrected chi connectivity index (χ4v) is 1.82. The van der Waals surface area contributed by atoms with Gasteiger partial charge in [0.05, 0.1) is 6.20 Å². The molecule has 17 heavy (non-hydrogen) atoms. The molecule has 3 N–H and O–H groups in total. The van der Waals surface area contributed by atoms with E-state index < -0.39 is 0 Å². The normalized spacial score (nSPS) is 13.0. The van der Waals surface area contributed by atoms with Gasteiger partial charge in [0, 0.05) is 12.6 Å². The van der Waals surface area contributed by atoms with Gasteiger partial charge in [0.2, 0.25) is 12.5 Å². The van der Waals surface area contributed by atoms with Crippen LogP contribution >= 0.6 is 0 Å². The number of phenolic OH excluding ortho intramolecular Hbond substituents is 1. The second-order valence-corrected chi connectivity index (χ2v) is 3.80. The Labute approximate surface area is 97.2 Å². The molecule has 1 aliphatic rings. The van der Waals surface area contributed by atoms with Crippen LogP contribution in [0, 0.1) is 0 Å². The Morgan fingerprint density at radius 2 is 2.24 bits per heavy atom. The quantitative estimate of drug-likeness (QED) is 0.770. The number of aryl methyl sites for hydroxylation is 1. The molecule has 0 atom stereocenters. The molecule has 6 heteroatoms. The van der Waals surface area contributed by atoms with E-state index in [1.807, 2.05) is 0 Å². The smallest absolute Gasteiger partial charge is 0.231 e. The highest BCUT2D eigenvalue weighted by Gasteiger charge is 2.20. The Balaban J connectivity index is 2.16. The minimum atomic E-state index is 0.0400. The number of rotatable bonds is 1. The number of hydrogen-bond donors (Lipinski definition) is 2. The first-order valence-corrected chi connectivity index (χ1v) is 5.07. The molecule has 0 saturated carbocycles. The van der Waals surface area contributed by atoms with Crippen LogP contribution in [-0.4, -0.2) is 21.7 Å². The number of aromatic hydroxyl groups is 1. The largest absolute Gasteiger partial charge is 0.504 e. The lowest BCUT2D eigenvalue weighted by Crippen LogP contribution is -1.98. The van der Waals surface area contributed by atoms with Crippen molar-refractivity contribution in [3.63, 3.8) is 0 Å². The van der Waals surface area contributed by atoms with Crippen LogP contribution in [0.2, 0.25) is 0 Å². The van der Waals surface area contributed by atoms with E-state index >= 15 is 0 Å². The van der Waals surface area contributed by atoms with Crippen molar-refractivity contribution in [2.24, 2.45) is 7.05 Å². The number of fused-ring (bicyclic) bond motifs is 1. The highest BCUT2D eigenvalue weighted by molar-refractivity contribution is 5.77. The van der Waals surface area contributed by atoms with Gasteiger partial charge in [-0.05, 0) is 17.7 Å². The van der Waals surface area contributed by atoms with Crippen molar-refractivity contribution in [2.45, 2.75) is 0 Å². The standard InChI is InChI=1S/C11H11N3O3/c1-14-11(12)7(4-13-14)6-2-8(15)10-9(3-6)16-5-17-10/h2-4,15H,5,12H2,1H3. The first kappa shape index (κ1) is 9.83. The maximum absolute atomic E-state index is 9.80. The molecular weight excluding hydrogens is 222 g/mol. The molecule has 0 radical (unpaired) electrons. The fourth-order valence-electron chi connectivity index (χ4n) is 1.82. The number of nitrogen functional groups attached to an aromatic ring is 1. The van der Waals surface area contributed by atoms with E-state index in [9.17, 15) is 5.11 Å². The van der Waals surface area contributed by atoms with E-state index in [0.717, 1.165) is 11.1 Å². The van der Waals surface area contributed by atoms with Crippen molar-refractivity contribution in [2.75, 3.05) is 12.5 Å². The van der Waals surface area contributed by atoms with Crippen molar-refractivity contribution >= 4 is 5.82 Å². The summed E-state index contributed by atoms with van der Waals surface area (Å²) in [6.45, 7) is 0.120. The van der Waals surface area contributed by atoms with Gasteiger partial charge < -0.3 is 20.3 Å². The van der Waals surface area contributed by atoms with Crippen molar-refractivity contribution in [1.29, 1.82) is 0 Å². The van der Waals surface area contributed by atoms with E-state index in [1.165, 1.54) is 0 Å². The third kappa shape index (κ3) is 1.37. The summed E-state index contributed by atoms with van der Waals surface area (Å²) in [5.41, 5.74) is 7.38. The maximum atomic E-state index is 9.80. The number of aromatic nitrogens is 2. The number of nitrogens with zero attached hydrogens (tertiary/aromatic N) is 2. The molecule has 0 spiro atoms. The lowest BCUT2D eigenvalue weighted by molar-refractivity contribution is 0.171. The molecule has 1 aromatic carbocycles. The van der Waals surface area contributed by atoms with Crippen LogP contribution < -0.4 is 15.2 Å². The number of anilines is 1. The SMILES string of the molecule is Cn1ncc(-c2cc(O)c3c(c2)OCO3)c1N. The average molecular weight is 233 g/mol. The van der Waals surface area contributed by atoms with Crippen LogP contribution in [-0.2, 0) is 7.05 Å². The van der Waals surface area contributed by atoms with Gasteiger partial charge in [0.25, 0.3) is 0 Å². The molecule has 1 aliphatic heterocycles. The summed E-state index contributed by atoms with van der Waals surface area (Å²) < 4.78 is 11.9. The summed E-state index contributed by atoms with van der Waals surface area (Å²) in [6, 6.07) is 3.36. The second-order valence-electron chi connectivity index (χ2n) is 3.80. The molecule has 3 rings (SSSR count). The Kier molecular flexibility index (Phi) is 1.91. The topological polar surface area (TPSA) is 82.5 Å². The monoisotopic (exact) mass is 233 g/mol. The summed E-state index contributed by atoms with van der Waals surface area (Å²) in [7, 11) is 1.76. The zero-order valence-corrected chi connectivity index (χ0v) is 9.17. The van der Waals surface area contributed by atoms with Crippen LogP contribution in [0.1, 0.15) is 0 Å². The summed E-state index contributed by atoms with van der Waals surface area (Å²) in [5.74, 6) is 1.46. The van der Waals surface area contributed by atoms with E-state index in [0.29, 0.717) is 17.3 Å². The minimum absolute atomic E-state index is 0.0400. The first-order valence-electron chi connectivity index (χ1n) is 5.07. The van der Waals surface area contributed by atoms with Crippen LogP contribution in [0.5, 0.6) is 17.2 Å². The fraction of sp³-hybridized carbons (Fsp3) is 0.182. The van der Waals surface area contributed by atoms with Crippen LogP contribution in [0.3, 0.4) is 0 Å². The summed E-state index contributed by atoms with van der Waals surface area (Å²) >= 11 is 0. The lowest BCUT2D eigenvalue weighted by atomic mass is 10.1. The van der Waals surface area contributed by atoms with Crippen molar-refractivity contribution in [3.05, 3.63) is 18.3 Å². The Morgan fingerprint density at radius 1 is 1.41 bits per heavy atom. The van der Waals surface area contributed by atoms with E-state index in [-0.39, 0.29) is 12.5 Å². The molecule has 0 bridgehead atoms. The van der Waals surface area contributed by atoms with E-state index in [2.05, 4.69) is 5.10 Å². The molecule has 88 valence electrons. The predicted molar refractivity (Wildman–Crippen MR) is 60.8 cm³/mol. The molecule has 2 heterocycles. The molecule has 6 nitrogen and oxygen atoms in total. The van der Waals surface area contributed by atoms with E-state index in [4.69, 9.17) is 15.2 Å². The Hall–Kier alpha value is -2.37. The molecule has 0 unspecified atom stereocenters.